The number of hydrogen-bond donors (Lipinski definition) is 2. The average molecular weight is 436 g/mol. The molecule has 4 aromatic rings. The van der Waals surface area contributed by atoms with Crippen molar-refractivity contribution in [3.05, 3.63) is 104 Å². The van der Waals surface area contributed by atoms with Gasteiger partial charge in [-0.2, -0.15) is 0 Å². The number of aromatic amines is 1. The van der Waals surface area contributed by atoms with Gasteiger partial charge in [-0.25, -0.2) is 18.7 Å². The first-order valence-corrected chi connectivity index (χ1v) is 10.2. The SMILES string of the molecule is Cc1nc(-c2ccccc2)sc1CNC(=O)c1c[nH]c(=O)n(-c2ccccc2F)c1=O. The third-order valence-corrected chi connectivity index (χ3v) is 5.84. The molecular weight excluding hydrogens is 419 g/mol. The maximum absolute atomic E-state index is 14.1. The number of para-hydroxylation sites is 1. The minimum atomic E-state index is -0.905. The van der Waals surface area contributed by atoms with Gasteiger partial charge in [0.15, 0.2) is 0 Å². The molecule has 0 aliphatic heterocycles. The standard InChI is InChI=1S/C22H17FN4O3S/c1-13-18(31-20(26-13)14-7-3-2-4-8-14)12-24-19(28)15-11-25-22(30)27(21(15)29)17-10-6-5-9-16(17)23/h2-11H,12H2,1H3,(H,24,28)(H,25,30). The predicted molar refractivity (Wildman–Crippen MR) is 116 cm³/mol. The van der Waals surface area contributed by atoms with E-state index in [1.54, 1.807) is 0 Å². The van der Waals surface area contributed by atoms with Crippen molar-refractivity contribution in [3.63, 3.8) is 0 Å². The number of thiazole rings is 1. The molecule has 156 valence electrons. The Morgan fingerprint density at radius 3 is 2.58 bits per heavy atom. The van der Waals surface area contributed by atoms with Crippen LogP contribution in [-0.4, -0.2) is 20.4 Å². The summed E-state index contributed by atoms with van der Waals surface area (Å²) in [4.78, 5) is 45.2. The second-order valence-electron chi connectivity index (χ2n) is 6.68. The summed E-state index contributed by atoms with van der Waals surface area (Å²) in [6, 6.07) is 15.0. The van der Waals surface area contributed by atoms with E-state index in [-0.39, 0.29) is 17.8 Å². The van der Waals surface area contributed by atoms with Gasteiger partial charge >= 0.3 is 5.69 Å². The number of rotatable bonds is 5. The van der Waals surface area contributed by atoms with Crippen LogP contribution < -0.4 is 16.6 Å². The summed E-state index contributed by atoms with van der Waals surface area (Å²) in [6.45, 7) is 2.00. The lowest BCUT2D eigenvalue weighted by Gasteiger charge is -2.08. The van der Waals surface area contributed by atoms with Crippen LogP contribution in [0.4, 0.5) is 4.39 Å². The number of halogens is 1. The lowest BCUT2D eigenvalue weighted by atomic mass is 10.2. The summed E-state index contributed by atoms with van der Waals surface area (Å²) >= 11 is 1.44. The lowest BCUT2D eigenvalue weighted by molar-refractivity contribution is 0.0949. The van der Waals surface area contributed by atoms with E-state index in [0.29, 0.717) is 4.57 Å². The number of H-pyrrole nitrogens is 1. The van der Waals surface area contributed by atoms with E-state index in [1.807, 2.05) is 37.3 Å². The summed E-state index contributed by atoms with van der Waals surface area (Å²) in [6.07, 6.45) is 1.03. The number of nitrogens with zero attached hydrogens (tertiary/aromatic N) is 2. The third-order valence-electron chi connectivity index (χ3n) is 4.64. The Hall–Kier alpha value is -3.85. The molecule has 0 unspecified atom stereocenters. The molecule has 2 aromatic carbocycles. The van der Waals surface area contributed by atoms with Crippen LogP contribution in [0.1, 0.15) is 20.9 Å². The second kappa shape index (κ2) is 8.49. The maximum Gasteiger partial charge on any atom is 0.333 e. The molecule has 2 aromatic heterocycles. The molecule has 0 aliphatic carbocycles. The highest BCUT2D eigenvalue weighted by Crippen LogP contribution is 2.27. The van der Waals surface area contributed by atoms with Gasteiger partial charge in [0.05, 0.1) is 17.9 Å². The summed E-state index contributed by atoms with van der Waals surface area (Å²) < 4.78 is 14.7. The number of benzene rings is 2. The summed E-state index contributed by atoms with van der Waals surface area (Å²) in [5.41, 5.74) is -0.520. The highest BCUT2D eigenvalue weighted by molar-refractivity contribution is 7.15. The number of aryl methyl sites for hydroxylation is 1. The zero-order valence-electron chi connectivity index (χ0n) is 16.4. The smallest absolute Gasteiger partial charge is 0.333 e. The van der Waals surface area contributed by atoms with Gasteiger partial charge in [0.25, 0.3) is 11.5 Å². The van der Waals surface area contributed by atoms with Crippen LogP contribution in [0, 0.1) is 12.7 Å². The Bertz CT molecular complexity index is 1380. The summed E-state index contributed by atoms with van der Waals surface area (Å²) in [5, 5.41) is 3.50. The minimum Gasteiger partial charge on any atom is -0.347 e. The molecule has 0 radical (unpaired) electrons. The van der Waals surface area contributed by atoms with E-state index < -0.39 is 23.0 Å². The first-order valence-electron chi connectivity index (χ1n) is 9.35. The Morgan fingerprint density at radius 2 is 1.84 bits per heavy atom. The van der Waals surface area contributed by atoms with Gasteiger partial charge in [-0.15, -0.1) is 11.3 Å². The molecule has 1 amide bonds. The van der Waals surface area contributed by atoms with Crippen molar-refractivity contribution in [1.29, 1.82) is 0 Å². The predicted octanol–water partition coefficient (Wildman–Crippen LogP) is 3.03. The Labute approximate surface area is 179 Å². The lowest BCUT2D eigenvalue weighted by Crippen LogP contribution is -2.39. The van der Waals surface area contributed by atoms with Gasteiger partial charge in [0, 0.05) is 16.6 Å². The molecule has 9 heteroatoms. The molecular formula is C22H17FN4O3S. The monoisotopic (exact) mass is 436 g/mol. The molecule has 0 saturated carbocycles. The molecule has 4 rings (SSSR count). The fraction of sp³-hybridized carbons (Fsp3) is 0.0909. The number of aromatic nitrogens is 3. The normalized spacial score (nSPS) is 10.8. The van der Waals surface area contributed by atoms with E-state index >= 15 is 0 Å². The van der Waals surface area contributed by atoms with Crippen LogP contribution >= 0.6 is 11.3 Å². The zero-order valence-corrected chi connectivity index (χ0v) is 17.2. The number of hydrogen-bond acceptors (Lipinski definition) is 5. The molecule has 0 aliphatic rings. The summed E-state index contributed by atoms with van der Waals surface area (Å²) in [7, 11) is 0. The zero-order chi connectivity index (χ0) is 22.0. The van der Waals surface area contributed by atoms with Crippen molar-refractivity contribution in [1.82, 2.24) is 19.9 Å². The van der Waals surface area contributed by atoms with Gasteiger partial charge < -0.3 is 10.3 Å². The second-order valence-corrected chi connectivity index (χ2v) is 7.76. The number of amides is 1. The Kier molecular flexibility index (Phi) is 5.59. The fourth-order valence-corrected chi connectivity index (χ4v) is 4.05. The quantitative estimate of drug-likeness (QED) is 0.503. The number of carbonyl (C=O) groups excluding carboxylic acids is 1. The molecule has 2 heterocycles. The van der Waals surface area contributed by atoms with E-state index in [4.69, 9.17) is 0 Å². The van der Waals surface area contributed by atoms with Crippen molar-refractivity contribution < 1.29 is 9.18 Å². The summed E-state index contributed by atoms with van der Waals surface area (Å²) in [5.74, 6) is -1.43. The minimum absolute atomic E-state index is 0.160. The molecule has 0 saturated heterocycles. The first kappa shape index (κ1) is 20.4. The third kappa shape index (κ3) is 4.08. The number of carbonyl (C=O) groups is 1. The average Bonchev–Trinajstić information content (AvgIpc) is 3.14. The van der Waals surface area contributed by atoms with Crippen LogP contribution in [0.2, 0.25) is 0 Å². The molecule has 0 fully saturated rings. The van der Waals surface area contributed by atoms with Crippen LogP contribution in [0.5, 0.6) is 0 Å². The molecule has 7 nitrogen and oxygen atoms in total. The van der Waals surface area contributed by atoms with Crippen LogP contribution in [0.25, 0.3) is 16.3 Å². The Morgan fingerprint density at radius 1 is 1.13 bits per heavy atom. The van der Waals surface area contributed by atoms with Crippen LogP contribution in [0.15, 0.2) is 70.4 Å². The van der Waals surface area contributed by atoms with Gasteiger partial charge in [0.1, 0.15) is 16.4 Å². The van der Waals surface area contributed by atoms with Crippen molar-refractivity contribution in [2.24, 2.45) is 0 Å². The van der Waals surface area contributed by atoms with Gasteiger partial charge in [-0.05, 0) is 19.1 Å². The van der Waals surface area contributed by atoms with E-state index in [1.165, 1.54) is 29.5 Å². The topological polar surface area (TPSA) is 96.8 Å². The van der Waals surface area contributed by atoms with Crippen molar-refractivity contribution >= 4 is 17.2 Å². The molecule has 2 N–H and O–H groups in total. The Balaban J connectivity index is 1.59. The molecule has 31 heavy (non-hydrogen) atoms. The molecule has 0 atom stereocenters. The van der Waals surface area contributed by atoms with E-state index in [9.17, 15) is 18.8 Å². The van der Waals surface area contributed by atoms with Crippen molar-refractivity contribution in [3.8, 4) is 16.3 Å². The van der Waals surface area contributed by atoms with E-state index in [0.717, 1.165) is 33.4 Å². The van der Waals surface area contributed by atoms with Crippen LogP contribution in [-0.2, 0) is 6.54 Å². The largest absolute Gasteiger partial charge is 0.347 e. The molecule has 0 bridgehead atoms. The van der Waals surface area contributed by atoms with Crippen molar-refractivity contribution in [2.45, 2.75) is 13.5 Å². The highest BCUT2D eigenvalue weighted by Gasteiger charge is 2.18. The fourth-order valence-electron chi connectivity index (χ4n) is 3.04. The van der Waals surface area contributed by atoms with Gasteiger partial charge in [-0.3, -0.25) is 9.59 Å². The first-order chi connectivity index (χ1) is 15.0. The maximum atomic E-state index is 14.1. The molecule has 0 spiro atoms. The van der Waals surface area contributed by atoms with E-state index in [2.05, 4.69) is 15.3 Å². The highest BCUT2D eigenvalue weighted by atomic mass is 32.1. The van der Waals surface area contributed by atoms with Gasteiger partial charge in [-0.1, -0.05) is 42.5 Å². The van der Waals surface area contributed by atoms with Crippen molar-refractivity contribution in [2.75, 3.05) is 0 Å². The number of nitrogens with one attached hydrogen (secondary N) is 2. The van der Waals surface area contributed by atoms with Crippen LogP contribution in [0.3, 0.4) is 0 Å². The van der Waals surface area contributed by atoms with Gasteiger partial charge in [0.2, 0.25) is 0 Å².